The Labute approximate surface area is 107 Å². The molecule has 98 valence electrons. The summed E-state index contributed by atoms with van der Waals surface area (Å²) in [6.45, 7) is 1.42. The molecule has 3 rings (SSSR count). The SMILES string of the molecule is Cc1cc2c3c(cccc3c1C(F)(F)F)C(=O)N2C. The van der Waals surface area contributed by atoms with E-state index in [9.17, 15) is 18.0 Å². The molecule has 0 aromatic heterocycles. The molecule has 2 aromatic carbocycles. The first-order valence-corrected chi connectivity index (χ1v) is 5.74. The average Bonchev–Trinajstić information content (AvgIpc) is 2.55. The molecule has 0 radical (unpaired) electrons. The highest BCUT2D eigenvalue weighted by Gasteiger charge is 2.38. The highest BCUT2D eigenvalue weighted by molar-refractivity contribution is 6.25. The van der Waals surface area contributed by atoms with Gasteiger partial charge in [-0.1, -0.05) is 12.1 Å². The summed E-state index contributed by atoms with van der Waals surface area (Å²) >= 11 is 0. The number of halogens is 3. The molecule has 2 nitrogen and oxygen atoms in total. The van der Waals surface area contributed by atoms with Crippen LogP contribution in [0.5, 0.6) is 0 Å². The standard InChI is InChI=1S/C14H10F3NO/c1-7-6-10-11-8(12(7)14(15,16)17)4-3-5-9(11)13(19)18(10)2/h3-6H,1-2H3. The van der Waals surface area contributed by atoms with E-state index in [2.05, 4.69) is 0 Å². The Morgan fingerprint density at radius 2 is 1.89 bits per heavy atom. The van der Waals surface area contributed by atoms with Gasteiger partial charge in [-0.2, -0.15) is 13.2 Å². The van der Waals surface area contributed by atoms with Gasteiger partial charge in [0.1, 0.15) is 0 Å². The molecule has 1 aliphatic rings. The highest BCUT2D eigenvalue weighted by Crippen LogP contribution is 2.44. The summed E-state index contributed by atoms with van der Waals surface area (Å²) in [4.78, 5) is 13.4. The summed E-state index contributed by atoms with van der Waals surface area (Å²) in [6.07, 6.45) is -4.43. The lowest BCUT2D eigenvalue weighted by Gasteiger charge is -2.16. The van der Waals surface area contributed by atoms with Crippen molar-refractivity contribution in [1.82, 2.24) is 0 Å². The fraction of sp³-hybridized carbons (Fsp3) is 0.214. The predicted molar refractivity (Wildman–Crippen MR) is 66.4 cm³/mol. The molecular formula is C14H10F3NO. The van der Waals surface area contributed by atoms with Crippen LogP contribution in [-0.2, 0) is 6.18 Å². The molecule has 0 fully saturated rings. The summed E-state index contributed by atoms with van der Waals surface area (Å²) in [5.41, 5.74) is 0.353. The van der Waals surface area contributed by atoms with Gasteiger partial charge in [-0.05, 0) is 30.0 Å². The highest BCUT2D eigenvalue weighted by atomic mass is 19.4. The van der Waals surface area contributed by atoms with Gasteiger partial charge in [-0.25, -0.2) is 0 Å². The third-order valence-corrected chi connectivity index (χ3v) is 3.52. The number of benzene rings is 2. The van der Waals surface area contributed by atoms with E-state index in [1.54, 1.807) is 13.1 Å². The zero-order valence-electron chi connectivity index (χ0n) is 10.3. The van der Waals surface area contributed by atoms with E-state index in [1.165, 1.54) is 30.0 Å². The van der Waals surface area contributed by atoms with Crippen LogP contribution in [0.3, 0.4) is 0 Å². The van der Waals surface area contributed by atoms with Gasteiger partial charge in [-0.3, -0.25) is 4.79 Å². The molecule has 0 unspecified atom stereocenters. The molecule has 0 saturated carbocycles. The molecule has 0 atom stereocenters. The van der Waals surface area contributed by atoms with Crippen LogP contribution in [0.25, 0.3) is 10.8 Å². The van der Waals surface area contributed by atoms with Gasteiger partial charge in [0.05, 0.1) is 11.3 Å². The summed E-state index contributed by atoms with van der Waals surface area (Å²) < 4.78 is 39.5. The quantitative estimate of drug-likeness (QED) is 0.710. The van der Waals surface area contributed by atoms with Crippen LogP contribution in [-0.4, -0.2) is 13.0 Å². The van der Waals surface area contributed by atoms with E-state index in [4.69, 9.17) is 0 Å². The van der Waals surface area contributed by atoms with Crippen molar-refractivity contribution in [3.8, 4) is 0 Å². The Kier molecular flexibility index (Phi) is 2.21. The number of aryl methyl sites for hydroxylation is 1. The number of alkyl halides is 3. The molecule has 0 bridgehead atoms. The first kappa shape index (κ1) is 12.0. The van der Waals surface area contributed by atoms with Gasteiger partial charge < -0.3 is 4.90 Å². The van der Waals surface area contributed by atoms with Crippen molar-refractivity contribution in [3.63, 3.8) is 0 Å². The van der Waals surface area contributed by atoms with Gasteiger partial charge in [0, 0.05) is 18.0 Å². The number of anilines is 1. The van der Waals surface area contributed by atoms with E-state index < -0.39 is 11.7 Å². The first-order valence-electron chi connectivity index (χ1n) is 5.74. The third-order valence-electron chi connectivity index (χ3n) is 3.52. The van der Waals surface area contributed by atoms with Gasteiger partial charge >= 0.3 is 6.18 Å². The van der Waals surface area contributed by atoms with Crippen LogP contribution in [0.1, 0.15) is 21.5 Å². The number of rotatable bonds is 0. The van der Waals surface area contributed by atoms with Crippen LogP contribution in [0, 0.1) is 6.92 Å². The molecule has 0 saturated heterocycles. The van der Waals surface area contributed by atoms with Gasteiger partial charge in [0.15, 0.2) is 0 Å². The zero-order chi connectivity index (χ0) is 13.9. The molecule has 2 aromatic rings. The molecule has 0 spiro atoms. The maximum absolute atomic E-state index is 13.2. The van der Waals surface area contributed by atoms with Crippen LogP contribution in [0.15, 0.2) is 24.3 Å². The van der Waals surface area contributed by atoms with E-state index in [0.717, 1.165) is 0 Å². The minimum atomic E-state index is -4.43. The first-order chi connectivity index (χ1) is 8.82. The number of carbonyl (C=O) groups excluding carboxylic acids is 1. The third kappa shape index (κ3) is 1.47. The van der Waals surface area contributed by atoms with Crippen molar-refractivity contribution in [2.24, 2.45) is 0 Å². The largest absolute Gasteiger partial charge is 0.417 e. The Morgan fingerprint density at radius 3 is 2.53 bits per heavy atom. The van der Waals surface area contributed by atoms with Crippen molar-refractivity contribution in [1.29, 1.82) is 0 Å². The molecular weight excluding hydrogens is 255 g/mol. The molecule has 5 heteroatoms. The summed E-state index contributed by atoms with van der Waals surface area (Å²) in [5, 5.41) is 0.491. The van der Waals surface area contributed by atoms with Crippen molar-refractivity contribution in [2.45, 2.75) is 13.1 Å². The summed E-state index contributed by atoms with van der Waals surface area (Å²) in [7, 11) is 1.57. The zero-order valence-corrected chi connectivity index (χ0v) is 10.3. The lowest BCUT2D eigenvalue weighted by Crippen LogP contribution is -2.20. The van der Waals surface area contributed by atoms with Crippen molar-refractivity contribution < 1.29 is 18.0 Å². The molecule has 0 aliphatic carbocycles. The Balaban J connectivity index is 2.52. The summed E-state index contributed by atoms with van der Waals surface area (Å²) in [5.74, 6) is -0.265. The Bertz CT molecular complexity index is 719. The van der Waals surface area contributed by atoms with E-state index >= 15 is 0 Å². The van der Waals surface area contributed by atoms with E-state index in [1.807, 2.05) is 0 Å². The minimum Gasteiger partial charge on any atom is -0.311 e. The monoisotopic (exact) mass is 265 g/mol. The number of nitrogens with zero attached hydrogens (tertiary/aromatic N) is 1. The average molecular weight is 265 g/mol. The summed E-state index contributed by atoms with van der Waals surface area (Å²) in [6, 6.07) is 5.91. The maximum atomic E-state index is 13.2. The number of hydrogen-bond donors (Lipinski definition) is 0. The van der Waals surface area contributed by atoms with Crippen molar-refractivity contribution in [2.75, 3.05) is 11.9 Å². The lowest BCUT2D eigenvalue weighted by molar-refractivity contribution is -0.136. The smallest absolute Gasteiger partial charge is 0.311 e. The molecule has 19 heavy (non-hydrogen) atoms. The second-order valence-corrected chi connectivity index (χ2v) is 4.68. The number of carbonyl (C=O) groups is 1. The Hall–Kier alpha value is -2.04. The Morgan fingerprint density at radius 1 is 1.21 bits per heavy atom. The van der Waals surface area contributed by atoms with Crippen molar-refractivity contribution >= 4 is 22.4 Å². The number of hydrogen-bond acceptors (Lipinski definition) is 1. The number of amides is 1. The second-order valence-electron chi connectivity index (χ2n) is 4.68. The lowest BCUT2D eigenvalue weighted by atomic mass is 9.96. The molecule has 1 amide bonds. The maximum Gasteiger partial charge on any atom is 0.417 e. The van der Waals surface area contributed by atoms with Crippen LogP contribution in [0.2, 0.25) is 0 Å². The van der Waals surface area contributed by atoms with Crippen LogP contribution < -0.4 is 4.90 Å². The van der Waals surface area contributed by atoms with Crippen molar-refractivity contribution in [3.05, 3.63) is 41.0 Å². The minimum absolute atomic E-state index is 0.0951. The van der Waals surface area contributed by atoms with E-state index in [-0.39, 0.29) is 16.9 Å². The molecule has 0 N–H and O–H groups in total. The fourth-order valence-corrected chi connectivity index (χ4v) is 2.71. The van der Waals surface area contributed by atoms with Gasteiger partial charge in [0.25, 0.3) is 5.91 Å². The normalized spacial score (nSPS) is 14.6. The second kappa shape index (κ2) is 3.50. The molecule has 1 aliphatic heterocycles. The fourth-order valence-electron chi connectivity index (χ4n) is 2.71. The topological polar surface area (TPSA) is 20.3 Å². The van der Waals surface area contributed by atoms with E-state index in [0.29, 0.717) is 16.6 Å². The predicted octanol–water partition coefficient (Wildman–Crippen LogP) is 3.76. The molecule has 1 heterocycles. The van der Waals surface area contributed by atoms with Gasteiger partial charge in [0.2, 0.25) is 0 Å². The van der Waals surface area contributed by atoms with Gasteiger partial charge in [-0.15, -0.1) is 0 Å². The van der Waals surface area contributed by atoms with Crippen LogP contribution in [0.4, 0.5) is 18.9 Å². The van der Waals surface area contributed by atoms with Crippen LogP contribution >= 0.6 is 0 Å².